The molecule has 0 aromatic carbocycles. The summed E-state index contributed by atoms with van der Waals surface area (Å²) in [7, 11) is 3.98. The van der Waals surface area contributed by atoms with Crippen LogP contribution in [0.1, 0.15) is 43.5 Å². The van der Waals surface area contributed by atoms with Crippen molar-refractivity contribution < 1.29 is 4.79 Å². The molecular weight excluding hydrogens is 238 g/mol. The second-order valence-electron chi connectivity index (χ2n) is 5.46. The first kappa shape index (κ1) is 13.8. The lowest BCUT2D eigenvalue weighted by atomic mass is 9.94. The summed E-state index contributed by atoms with van der Waals surface area (Å²) in [4.78, 5) is 20.4. The van der Waals surface area contributed by atoms with Crippen LogP contribution in [0.4, 0.5) is 5.82 Å². The van der Waals surface area contributed by atoms with E-state index in [2.05, 4.69) is 11.1 Å². The fourth-order valence-electron chi connectivity index (χ4n) is 2.79. The van der Waals surface area contributed by atoms with Crippen LogP contribution in [0.25, 0.3) is 0 Å². The average molecular weight is 261 g/mol. The molecule has 4 heteroatoms. The van der Waals surface area contributed by atoms with Gasteiger partial charge in [-0.15, -0.1) is 0 Å². The Morgan fingerprint density at radius 1 is 1.37 bits per heavy atom. The SMILES string of the molecule is CC(=O)N1CCCC[C@H]1c1ccc(N(C)C)nc1C. The number of pyridine rings is 1. The van der Waals surface area contributed by atoms with Crippen molar-refractivity contribution in [1.82, 2.24) is 9.88 Å². The van der Waals surface area contributed by atoms with Gasteiger partial charge >= 0.3 is 0 Å². The zero-order valence-electron chi connectivity index (χ0n) is 12.3. The fourth-order valence-corrected chi connectivity index (χ4v) is 2.79. The Morgan fingerprint density at radius 3 is 2.68 bits per heavy atom. The molecule has 0 bridgehead atoms. The molecule has 4 nitrogen and oxygen atoms in total. The molecule has 1 aliphatic rings. The number of aryl methyl sites for hydroxylation is 1. The highest BCUT2D eigenvalue weighted by molar-refractivity contribution is 5.74. The smallest absolute Gasteiger partial charge is 0.219 e. The number of aromatic nitrogens is 1. The molecule has 1 aliphatic heterocycles. The summed E-state index contributed by atoms with van der Waals surface area (Å²) >= 11 is 0. The molecule has 0 spiro atoms. The van der Waals surface area contributed by atoms with E-state index in [4.69, 9.17) is 0 Å². The molecule has 1 aromatic heterocycles. The summed E-state index contributed by atoms with van der Waals surface area (Å²) in [5, 5.41) is 0. The van der Waals surface area contributed by atoms with Crippen LogP contribution in [0.2, 0.25) is 0 Å². The van der Waals surface area contributed by atoms with Gasteiger partial charge in [-0.25, -0.2) is 4.98 Å². The van der Waals surface area contributed by atoms with Crippen LogP contribution < -0.4 is 4.90 Å². The van der Waals surface area contributed by atoms with Gasteiger partial charge in [0, 0.05) is 33.3 Å². The van der Waals surface area contributed by atoms with Crippen molar-refractivity contribution >= 4 is 11.7 Å². The fraction of sp³-hybridized carbons (Fsp3) is 0.600. The zero-order chi connectivity index (χ0) is 14.0. The second kappa shape index (κ2) is 5.59. The van der Waals surface area contributed by atoms with Gasteiger partial charge in [0.15, 0.2) is 0 Å². The number of likely N-dealkylation sites (tertiary alicyclic amines) is 1. The van der Waals surface area contributed by atoms with Crippen LogP contribution in [0, 0.1) is 6.92 Å². The van der Waals surface area contributed by atoms with Gasteiger partial charge in [0.25, 0.3) is 0 Å². The molecule has 0 radical (unpaired) electrons. The van der Waals surface area contributed by atoms with Crippen LogP contribution in [-0.2, 0) is 4.79 Å². The zero-order valence-corrected chi connectivity index (χ0v) is 12.3. The molecule has 0 saturated carbocycles. The van der Waals surface area contributed by atoms with Crippen LogP contribution in [-0.4, -0.2) is 36.4 Å². The van der Waals surface area contributed by atoms with Gasteiger partial charge in [-0.2, -0.15) is 0 Å². The van der Waals surface area contributed by atoms with Crippen molar-refractivity contribution in [2.75, 3.05) is 25.5 Å². The van der Waals surface area contributed by atoms with Crippen molar-refractivity contribution in [3.63, 3.8) is 0 Å². The van der Waals surface area contributed by atoms with Crippen molar-refractivity contribution in [3.8, 4) is 0 Å². The van der Waals surface area contributed by atoms with Crippen LogP contribution in [0.15, 0.2) is 12.1 Å². The summed E-state index contributed by atoms with van der Waals surface area (Å²) in [6.45, 7) is 4.57. The number of hydrogen-bond acceptors (Lipinski definition) is 3. The first-order valence-corrected chi connectivity index (χ1v) is 6.93. The number of amides is 1. The van der Waals surface area contributed by atoms with E-state index in [0.29, 0.717) is 0 Å². The summed E-state index contributed by atoms with van der Waals surface area (Å²) < 4.78 is 0. The van der Waals surface area contributed by atoms with E-state index in [0.717, 1.165) is 30.9 Å². The molecule has 0 unspecified atom stereocenters. The molecule has 19 heavy (non-hydrogen) atoms. The number of piperidine rings is 1. The normalized spacial score (nSPS) is 19.4. The number of nitrogens with zero attached hydrogens (tertiary/aromatic N) is 3. The minimum Gasteiger partial charge on any atom is -0.363 e. The van der Waals surface area contributed by atoms with E-state index in [1.54, 1.807) is 6.92 Å². The number of hydrogen-bond donors (Lipinski definition) is 0. The Morgan fingerprint density at radius 2 is 2.11 bits per heavy atom. The molecule has 1 amide bonds. The minimum atomic E-state index is 0.167. The molecule has 2 heterocycles. The van der Waals surface area contributed by atoms with Gasteiger partial charge in [-0.1, -0.05) is 6.07 Å². The van der Waals surface area contributed by atoms with Gasteiger partial charge in [-0.05, 0) is 37.8 Å². The largest absolute Gasteiger partial charge is 0.363 e. The highest BCUT2D eigenvalue weighted by Gasteiger charge is 2.27. The van der Waals surface area contributed by atoms with E-state index >= 15 is 0 Å². The van der Waals surface area contributed by atoms with E-state index < -0.39 is 0 Å². The summed E-state index contributed by atoms with van der Waals surface area (Å²) in [5.74, 6) is 1.13. The maximum atomic E-state index is 11.8. The molecule has 1 saturated heterocycles. The lowest BCUT2D eigenvalue weighted by molar-refractivity contribution is -0.132. The Bertz CT molecular complexity index is 470. The Balaban J connectivity index is 2.31. The lowest BCUT2D eigenvalue weighted by Crippen LogP contribution is -2.37. The molecule has 1 atom stereocenters. The first-order chi connectivity index (χ1) is 9.00. The highest BCUT2D eigenvalue weighted by Crippen LogP contribution is 2.32. The third kappa shape index (κ3) is 2.88. The van der Waals surface area contributed by atoms with Crippen molar-refractivity contribution in [2.45, 2.75) is 39.2 Å². The quantitative estimate of drug-likeness (QED) is 0.821. The molecule has 2 rings (SSSR count). The summed E-state index contributed by atoms with van der Waals surface area (Å²) in [6, 6.07) is 4.37. The average Bonchev–Trinajstić information content (AvgIpc) is 2.38. The van der Waals surface area contributed by atoms with E-state index in [1.807, 2.05) is 36.9 Å². The Hall–Kier alpha value is -1.58. The monoisotopic (exact) mass is 261 g/mol. The highest BCUT2D eigenvalue weighted by atomic mass is 16.2. The van der Waals surface area contributed by atoms with Gasteiger partial charge < -0.3 is 9.80 Å². The molecule has 1 fully saturated rings. The van der Waals surface area contributed by atoms with Crippen molar-refractivity contribution in [3.05, 3.63) is 23.4 Å². The molecule has 0 aliphatic carbocycles. The molecule has 104 valence electrons. The third-order valence-electron chi connectivity index (χ3n) is 3.84. The predicted octanol–water partition coefficient (Wildman–Crippen LogP) is 2.53. The van der Waals surface area contributed by atoms with E-state index in [1.165, 1.54) is 12.0 Å². The first-order valence-electron chi connectivity index (χ1n) is 6.93. The van der Waals surface area contributed by atoms with E-state index in [9.17, 15) is 4.79 Å². The summed E-state index contributed by atoms with van der Waals surface area (Å²) in [5.41, 5.74) is 2.23. The molecule has 1 aromatic rings. The van der Waals surface area contributed by atoms with Gasteiger partial charge in [-0.3, -0.25) is 4.79 Å². The number of anilines is 1. The van der Waals surface area contributed by atoms with Crippen LogP contribution in [0.3, 0.4) is 0 Å². The predicted molar refractivity (Wildman–Crippen MR) is 77.3 cm³/mol. The maximum absolute atomic E-state index is 11.8. The number of carbonyl (C=O) groups excluding carboxylic acids is 1. The summed E-state index contributed by atoms with van der Waals surface area (Å²) in [6.07, 6.45) is 3.34. The Kier molecular flexibility index (Phi) is 4.08. The van der Waals surface area contributed by atoms with Crippen LogP contribution >= 0.6 is 0 Å². The van der Waals surface area contributed by atoms with Crippen molar-refractivity contribution in [2.24, 2.45) is 0 Å². The Labute approximate surface area is 115 Å². The van der Waals surface area contributed by atoms with Gasteiger partial charge in [0.2, 0.25) is 5.91 Å². The third-order valence-corrected chi connectivity index (χ3v) is 3.84. The standard InChI is InChI=1S/C15H23N3O/c1-11-13(8-9-15(16-11)17(3)4)14-7-5-6-10-18(14)12(2)19/h8-9,14H,5-7,10H2,1-4H3/t14-/m0/s1. The van der Waals surface area contributed by atoms with Gasteiger partial charge in [0.1, 0.15) is 5.82 Å². The molecular formula is C15H23N3O. The maximum Gasteiger partial charge on any atom is 0.219 e. The topological polar surface area (TPSA) is 36.4 Å². The lowest BCUT2D eigenvalue weighted by Gasteiger charge is -2.36. The van der Waals surface area contributed by atoms with E-state index in [-0.39, 0.29) is 11.9 Å². The van der Waals surface area contributed by atoms with Crippen LogP contribution in [0.5, 0.6) is 0 Å². The van der Waals surface area contributed by atoms with Gasteiger partial charge in [0.05, 0.1) is 6.04 Å². The van der Waals surface area contributed by atoms with Crippen molar-refractivity contribution in [1.29, 1.82) is 0 Å². The number of rotatable bonds is 2. The second-order valence-corrected chi connectivity index (χ2v) is 5.46. The number of carbonyl (C=O) groups is 1. The minimum absolute atomic E-state index is 0.167. The molecule has 0 N–H and O–H groups in total.